The van der Waals surface area contributed by atoms with Crippen LogP contribution < -0.4 is 9.64 Å². The molecule has 0 aliphatic heterocycles. The number of rotatable bonds is 5. The van der Waals surface area contributed by atoms with Crippen molar-refractivity contribution in [1.29, 1.82) is 0 Å². The van der Waals surface area contributed by atoms with Gasteiger partial charge in [0.25, 0.3) is 0 Å². The predicted octanol–water partition coefficient (Wildman–Crippen LogP) is 2.01. The highest BCUT2D eigenvalue weighted by Gasteiger charge is 2.06. The third kappa shape index (κ3) is 3.66. The van der Waals surface area contributed by atoms with Crippen LogP contribution in [0.5, 0.6) is 11.6 Å². The van der Waals surface area contributed by atoms with Crippen LogP contribution in [0.15, 0.2) is 36.5 Å². The lowest BCUT2D eigenvalue weighted by molar-refractivity contribution is 0.303. The van der Waals surface area contributed by atoms with Crippen molar-refractivity contribution < 1.29 is 9.84 Å². The molecule has 2 aromatic rings. The van der Waals surface area contributed by atoms with E-state index in [9.17, 15) is 0 Å². The number of hydrogen-bond acceptors (Lipinski definition) is 5. The number of hydrogen-bond donors (Lipinski definition) is 1. The summed E-state index contributed by atoms with van der Waals surface area (Å²) in [5, 5.41) is 8.90. The molecule has 100 valence electrons. The molecule has 5 heteroatoms. The maximum Gasteiger partial charge on any atom is 0.228 e. The van der Waals surface area contributed by atoms with E-state index in [2.05, 4.69) is 9.97 Å². The van der Waals surface area contributed by atoms with Gasteiger partial charge in [0.2, 0.25) is 11.8 Å². The van der Waals surface area contributed by atoms with E-state index in [0.717, 1.165) is 5.75 Å². The Kier molecular flexibility index (Phi) is 4.30. The molecule has 0 bridgehead atoms. The lowest BCUT2D eigenvalue weighted by atomic mass is 10.2. The summed E-state index contributed by atoms with van der Waals surface area (Å²) in [6.45, 7) is 2.56. The number of benzene rings is 1. The lowest BCUT2D eigenvalue weighted by Crippen LogP contribution is -2.23. The van der Waals surface area contributed by atoms with E-state index in [1.165, 1.54) is 5.56 Å². The molecule has 19 heavy (non-hydrogen) atoms. The third-order valence-electron chi connectivity index (χ3n) is 2.64. The van der Waals surface area contributed by atoms with Gasteiger partial charge in [0, 0.05) is 25.9 Å². The molecule has 0 unspecified atom stereocenters. The first-order valence-electron chi connectivity index (χ1n) is 6.08. The van der Waals surface area contributed by atoms with Crippen LogP contribution in [0.3, 0.4) is 0 Å². The minimum atomic E-state index is 0.0584. The molecule has 0 fully saturated rings. The van der Waals surface area contributed by atoms with Gasteiger partial charge in [-0.25, -0.2) is 4.98 Å². The maximum absolute atomic E-state index is 8.90. The molecule has 1 aromatic carbocycles. The highest BCUT2D eigenvalue weighted by atomic mass is 16.5. The number of aliphatic hydroxyl groups excluding tert-OH is 1. The molecule has 1 aromatic heterocycles. The van der Waals surface area contributed by atoms with Gasteiger partial charge in [-0.15, -0.1) is 0 Å². The second-order valence-corrected chi connectivity index (χ2v) is 4.26. The highest BCUT2D eigenvalue weighted by Crippen LogP contribution is 2.20. The van der Waals surface area contributed by atoms with Crippen molar-refractivity contribution in [1.82, 2.24) is 9.97 Å². The summed E-state index contributed by atoms with van der Waals surface area (Å²) in [5.41, 5.74) is 1.18. The summed E-state index contributed by atoms with van der Waals surface area (Å²) in [5.74, 6) is 1.75. The van der Waals surface area contributed by atoms with Crippen LogP contribution in [0.4, 0.5) is 5.95 Å². The van der Waals surface area contributed by atoms with E-state index in [4.69, 9.17) is 9.84 Å². The number of nitrogens with zero attached hydrogens (tertiary/aromatic N) is 3. The van der Waals surface area contributed by atoms with E-state index in [-0.39, 0.29) is 6.61 Å². The second kappa shape index (κ2) is 6.15. The van der Waals surface area contributed by atoms with E-state index in [1.54, 1.807) is 17.2 Å². The zero-order valence-electron chi connectivity index (χ0n) is 11.1. The molecule has 5 nitrogen and oxygen atoms in total. The molecule has 0 radical (unpaired) electrons. The van der Waals surface area contributed by atoms with Crippen LogP contribution in [0, 0.1) is 6.92 Å². The summed E-state index contributed by atoms with van der Waals surface area (Å²) in [6.07, 6.45) is 1.64. The Morgan fingerprint density at radius 1 is 1.21 bits per heavy atom. The molecular formula is C14H17N3O2. The number of likely N-dealkylation sites (N-methyl/N-ethyl adjacent to an activating group) is 1. The fourth-order valence-corrected chi connectivity index (χ4v) is 1.55. The highest BCUT2D eigenvalue weighted by molar-refractivity contribution is 5.34. The Labute approximate surface area is 112 Å². The molecule has 0 aliphatic carbocycles. The molecule has 0 aliphatic rings. The Morgan fingerprint density at radius 3 is 2.63 bits per heavy atom. The van der Waals surface area contributed by atoms with Crippen LogP contribution in [-0.4, -0.2) is 35.3 Å². The van der Waals surface area contributed by atoms with Gasteiger partial charge in [0.05, 0.1) is 6.61 Å². The molecule has 0 amide bonds. The molecule has 0 spiro atoms. The van der Waals surface area contributed by atoms with Crippen molar-refractivity contribution in [3.63, 3.8) is 0 Å². The first kappa shape index (κ1) is 13.3. The van der Waals surface area contributed by atoms with Crippen LogP contribution >= 0.6 is 0 Å². The molecule has 0 atom stereocenters. The minimum absolute atomic E-state index is 0.0584. The fourth-order valence-electron chi connectivity index (χ4n) is 1.55. The zero-order valence-corrected chi connectivity index (χ0v) is 11.1. The Hall–Kier alpha value is -2.14. The van der Waals surface area contributed by atoms with E-state index < -0.39 is 0 Å². The van der Waals surface area contributed by atoms with Gasteiger partial charge in [-0.05, 0) is 19.1 Å². The number of anilines is 1. The maximum atomic E-state index is 8.90. The standard InChI is InChI=1S/C14H17N3O2/c1-11-3-5-12(6-4-11)19-13-7-8-15-14(16-13)17(2)9-10-18/h3-8,18H,9-10H2,1-2H3. The Balaban J connectivity index is 2.12. The van der Waals surface area contributed by atoms with Crippen LogP contribution in [-0.2, 0) is 0 Å². The normalized spacial score (nSPS) is 10.3. The van der Waals surface area contributed by atoms with Gasteiger partial charge in [0.1, 0.15) is 5.75 Å². The second-order valence-electron chi connectivity index (χ2n) is 4.26. The first-order chi connectivity index (χ1) is 9.19. The van der Waals surface area contributed by atoms with Crippen LogP contribution in [0.2, 0.25) is 0 Å². The molecule has 0 saturated carbocycles. The van der Waals surface area contributed by atoms with Gasteiger partial charge in [-0.1, -0.05) is 17.7 Å². The van der Waals surface area contributed by atoms with Crippen molar-refractivity contribution in [3.8, 4) is 11.6 Å². The molecule has 0 saturated heterocycles. The summed E-state index contributed by atoms with van der Waals surface area (Å²) in [7, 11) is 1.82. The zero-order chi connectivity index (χ0) is 13.7. The van der Waals surface area contributed by atoms with Gasteiger partial charge in [-0.2, -0.15) is 4.98 Å². The average Bonchev–Trinajstić information content (AvgIpc) is 2.42. The Bertz CT molecular complexity index is 528. The van der Waals surface area contributed by atoms with Gasteiger partial charge < -0.3 is 14.7 Å². The van der Waals surface area contributed by atoms with Crippen molar-refractivity contribution in [3.05, 3.63) is 42.1 Å². The molecule has 2 rings (SSSR count). The molecule has 1 N–H and O–H groups in total. The van der Waals surface area contributed by atoms with Crippen LogP contribution in [0.1, 0.15) is 5.56 Å². The Morgan fingerprint density at radius 2 is 1.95 bits per heavy atom. The smallest absolute Gasteiger partial charge is 0.228 e. The quantitative estimate of drug-likeness (QED) is 0.890. The minimum Gasteiger partial charge on any atom is -0.439 e. The van der Waals surface area contributed by atoms with Crippen molar-refractivity contribution in [2.45, 2.75) is 6.92 Å². The molecule has 1 heterocycles. The predicted molar refractivity (Wildman–Crippen MR) is 73.6 cm³/mol. The van der Waals surface area contributed by atoms with Crippen molar-refractivity contribution in [2.24, 2.45) is 0 Å². The van der Waals surface area contributed by atoms with Gasteiger partial charge in [-0.3, -0.25) is 0 Å². The largest absolute Gasteiger partial charge is 0.439 e. The summed E-state index contributed by atoms with van der Waals surface area (Å²) >= 11 is 0. The summed E-state index contributed by atoms with van der Waals surface area (Å²) in [4.78, 5) is 10.2. The third-order valence-corrected chi connectivity index (χ3v) is 2.64. The van der Waals surface area contributed by atoms with E-state index in [1.807, 2.05) is 38.2 Å². The van der Waals surface area contributed by atoms with Crippen molar-refractivity contribution in [2.75, 3.05) is 25.1 Å². The van der Waals surface area contributed by atoms with E-state index in [0.29, 0.717) is 18.4 Å². The fraction of sp³-hybridized carbons (Fsp3) is 0.286. The van der Waals surface area contributed by atoms with E-state index >= 15 is 0 Å². The van der Waals surface area contributed by atoms with Gasteiger partial charge in [0.15, 0.2) is 0 Å². The van der Waals surface area contributed by atoms with Crippen LogP contribution in [0.25, 0.3) is 0 Å². The van der Waals surface area contributed by atoms with Gasteiger partial charge >= 0.3 is 0 Å². The number of aliphatic hydroxyl groups is 1. The topological polar surface area (TPSA) is 58.5 Å². The first-order valence-corrected chi connectivity index (χ1v) is 6.08. The summed E-state index contributed by atoms with van der Waals surface area (Å²) < 4.78 is 5.66. The number of ether oxygens (including phenoxy) is 1. The number of aromatic nitrogens is 2. The SMILES string of the molecule is Cc1ccc(Oc2ccnc(N(C)CCO)n2)cc1. The molecular weight excluding hydrogens is 242 g/mol. The van der Waals surface area contributed by atoms with Crippen molar-refractivity contribution >= 4 is 5.95 Å². The average molecular weight is 259 g/mol. The monoisotopic (exact) mass is 259 g/mol. The number of aryl methyl sites for hydroxylation is 1. The summed E-state index contributed by atoms with van der Waals surface area (Å²) in [6, 6.07) is 9.46. The lowest BCUT2D eigenvalue weighted by Gasteiger charge is -2.15.